The quantitative estimate of drug-likeness (QED) is 0.186. The molecule has 0 spiro atoms. The van der Waals surface area contributed by atoms with Crippen molar-refractivity contribution in [3.8, 4) is 0 Å². The second-order valence-electron chi connectivity index (χ2n) is 16.6. The van der Waals surface area contributed by atoms with Gasteiger partial charge in [0.15, 0.2) is 17.2 Å². The van der Waals surface area contributed by atoms with E-state index >= 15 is 0 Å². The van der Waals surface area contributed by atoms with Gasteiger partial charge in [0.2, 0.25) is 0 Å². The predicted molar refractivity (Wildman–Crippen MR) is 199 cm³/mol. The summed E-state index contributed by atoms with van der Waals surface area (Å²) in [5.74, 6) is 0.432. The van der Waals surface area contributed by atoms with Gasteiger partial charge in [-0.1, -0.05) is 37.5 Å². The van der Waals surface area contributed by atoms with Crippen molar-refractivity contribution in [1.29, 1.82) is 0 Å². The first kappa shape index (κ1) is 37.3. The lowest BCUT2D eigenvalue weighted by atomic mass is 9.50. The van der Waals surface area contributed by atoms with E-state index in [0.29, 0.717) is 25.3 Å². The molecule has 1 aromatic carbocycles. The Hall–Kier alpha value is -3.46. The number of Topliss-reactive ketones (excluding diaryl/α,β-unsaturated/α-hetero) is 1. The van der Waals surface area contributed by atoms with Crippen LogP contribution in [0.3, 0.4) is 0 Å². The fourth-order valence-corrected chi connectivity index (χ4v) is 10.9. The fourth-order valence-electron chi connectivity index (χ4n) is 10.9. The topological polar surface area (TPSA) is 107 Å². The predicted octanol–water partition coefficient (Wildman–Crippen LogP) is 7.55. The van der Waals surface area contributed by atoms with E-state index in [4.69, 9.17) is 4.74 Å². The van der Waals surface area contributed by atoms with Gasteiger partial charge in [0.1, 0.15) is 0 Å². The number of benzene rings is 1. The van der Waals surface area contributed by atoms with Gasteiger partial charge < -0.3 is 19.6 Å². The molecule has 1 N–H and O–H groups in total. The number of carbonyl (C=O) groups is 4. The number of carboxylic acid groups (broad SMARTS) is 1. The maximum atomic E-state index is 13.5. The van der Waals surface area contributed by atoms with E-state index in [1.54, 1.807) is 11.8 Å². The van der Waals surface area contributed by atoms with Gasteiger partial charge in [0.05, 0.1) is 0 Å². The van der Waals surface area contributed by atoms with Crippen molar-refractivity contribution in [2.24, 2.45) is 17.3 Å². The molecule has 1 saturated heterocycles. The summed E-state index contributed by atoms with van der Waals surface area (Å²) in [6.45, 7) is 12.7. The molecular weight excluding hydrogens is 642 g/mol. The molecule has 278 valence electrons. The molecule has 1 aliphatic heterocycles. The first-order valence-corrected chi connectivity index (χ1v) is 19.5. The number of anilines is 1. The average Bonchev–Trinajstić information content (AvgIpc) is 3.38. The number of amides is 1. The van der Waals surface area contributed by atoms with Gasteiger partial charge in [-0.05, 0) is 125 Å². The van der Waals surface area contributed by atoms with Crippen LogP contribution in [0.2, 0.25) is 0 Å². The van der Waals surface area contributed by atoms with Gasteiger partial charge in [-0.3, -0.25) is 19.3 Å². The highest BCUT2D eigenvalue weighted by Gasteiger charge is 2.67. The SMILES string of the molecule is CC(=O)O[C@]1(C(C)=O)CC[C@H]2[C@@H]3CCC4=CC(=O)CCC4=C3[C@@H](c3ccc(N(C)CCCCCCN4C[C@@H](C)N(C(=O)O)C[C@@H]4C)cc3)C[C@@]21C. The minimum Gasteiger partial charge on any atom is -0.465 e. The number of esters is 1. The molecule has 51 heavy (non-hydrogen) atoms. The Morgan fingerprint density at radius 2 is 1.69 bits per heavy atom. The lowest BCUT2D eigenvalue weighted by Gasteiger charge is -2.55. The summed E-state index contributed by atoms with van der Waals surface area (Å²) in [5, 5.41) is 9.44. The number of nitrogens with zero attached hydrogens (tertiary/aromatic N) is 3. The standard InChI is InChI=1S/C42H59N3O6/c1-27-26-45(40(49)50)28(2)25-44(27)22-10-8-7-9-21-43(6)33-14-11-31(12-15-33)37-24-41(5)38(19-20-42(41,29(3)46)51-30(4)47)36-17-13-32-23-34(48)16-18-35(32)39(36)37/h11-12,14-15,23,27-28,36-38H,7-10,13,16-22,24-26H2,1-6H3,(H,49,50)/t27-,28+,36-,37+,38-,41-,42-/m0/s1. The van der Waals surface area contributed by atoms with Crippen LogP contribution in [0.5, 0.6) is 0 Å². The zero-order valence-corrected chi connectivity index (χ0v) is 31.7. The van der Waals surface area contributed by atoms with Gasteiger partial charge in [-0.25, -0.2) is 4.79 Å². The van der Waals surface area contributed by atoms with Crippen molar-refractivity contribution in [3.05, 3.63) is 52.6 Å². The maximum Gasteiger partial charge on any atom is 0.407 e. The van der Waals surface area contributed by atoms with Crippen molar-refractivity contribution in [3.63, 3.8) is 0 Å². The van der Waals surface area contributed by atoms with Crippen LogP contribution in [0.1, 0.15) is 117 Å². The van der Waals surface area contributed by atoms with Gasteiger partial charge >= 0.3 is 12.1 Å². The second-order valence-corrected chi connectivity index (χ2v) is 16.6. The minimum absolute atomic E-state index is 0.0306. The number of piperazine rings is 1. The molecule has 7 atom stereocenters. The molecule has 0 bridgehead atoms. The monoisotopic (exact) mass is 701 g/mol. The largest absolute Gasteiger partial charge is 0.465 e. The fraction of sp³-hybridized carbons (Fsp3) is 0.667. The molecule has 3 fully saturated rings. The van der Waals surface area contributed by atoms with Crippen molar-refractivity contribution in [2.75, 3.05) is 38.1 Å². The highest BCUT2D eigenvalue weighted by molar-refractivity contribution is 5.93. The van der Waals surface area contributed by atoms with E-state index in [2.05, 4.69) is 55.0 Å². The van der Waals surface area contributed by atoms with E-state index < -0.39 is 17.1 Å². The lowest BCUT2D eigenvalue weighted by Crippen LogP contribution is -2.57. The summed E-state index contributed by atoms with van der Waals surface area (Å²) >= 11 is 0. The number of carbonyl (C=O) groups excluding carboxylic acids is 3. The number of rotatable bonds is 11. The molecule has 6 rings (SSSR count). The van der Waals surface area contributed by atoms with Crippen molar-refractivity contribution < 1.29 is 29.0 Å². The second kappa shape index (κ2) is 14.9. The third-order valence-electron chi connectivity index (χ3n) is 13.5. The Labute approximate surface area is 304 Å². The van der Waals surface area contributed by atoms with Crippen molar-refractivity contribution >= 4 is 29.3 Å². The van der Waals surface area contributed by atoms with Crippen LogP contribution in [0.4, 0.5) is 10.5 Å². The van der Waals surface area contributed by atoms with Crippen LogP contribution in [0.15, 0.2) is 47.1 Å². The van der Waals surface area contributed by atoms with Crippen LogP contribution in [-0.4, -0.2) is 89.4 Å². The van der Waals surface area contributed by atoms with Crippen LogP contribution in [0.25, 0.3) is 0 Å². The summed E-state index contributed by atoms with van der Waals surface area (Å²) in [6, 6.07) is 9.26. The summed E-state index contributed by atoms with van der Waals surface area (Å²) in [7, 11) is 2.16. The number of hydrogen-bond donors (Lipinski definition) is 1. The number of ether oxygens (including phenoxy) is 1. The summed E-state index contributed by atoms with van der Waals surface area (Å²) in [4.78, 5) is 56.2. The highest BCUT2D eigenvalue weighted by Crippen LogP contribution is 2.67. The zero-order chi connectivity index (χ0) is 36.7. The first-order valence-electron chi connectivity index (χ1n) is 19.5. The average molecular weight is 702 g/mol. The summed E-state index contributed by atoms with van der Waals surface area (Å²) in [6.07, 6.45) is 11.0. The Morgan fingerprint density at radius 3 is 2.37 bits per heavy atom. The lowest BCUT2D eigenvalue weighted by molar-refractivity contribution is -0.182. The number of unbranched alkanes of at least 4 members (excludes halogenated alkanes) is 3. The summed E-state index contributed by atoms with van der Waals surface area (Å²) in [5.41, 5.74) is 4.88. The Morgan fingerprint density at radius 1 is 0.961 bits per heavy atom. The molecule has 5 aliphatic rings. The Bertz CT molecular complexity index is 1580. The molecule has 9 nitrogen and oxygen atoms in total. The molecule has 1 aromatic rings. The maximum absolute atomic E-state index is 13.5. The number of hydrogen-bond acceptors (Lipinski definition) is 7. The van der Waals surface area contributed by atoms with Crippen LogP contribution >= 0.6 is 0 Å². The smallest absolute Gasteiger partial charge is 0.407 e. The molecule has 0 radical (unpaired) electrons. The van der Waals surface area contributed by atoms with Gasteiger partial charge in [0, 0.05) is 69.1 Å². The third-order valence-corrected chi connectivity index (χ3v) is 13.5. The molecular formula is C42H59N3O6. The van der Waals surface area contributed by atoms with Crippen LogP contribution in [-0.2, 0) is 19.1 Å². The zero-order valence-electron chi connectivity index (χ0n) is 31.7. The Balaban J connectivity index is 1.13. The molecule has 4 aliphatic carbocycles. The normalized spacial score (nSPS) is 32.1. The van der Waals surface area contributed by atoms with Gasteiger partial charge in [0.25, 0.3) is 0 Å². The molecule has 9 heteroatoms. The van der Waals surface area contributed by atoms with Gasteiger partial charge in [-0.2, -0.15) is 0 Å². The van der Waals surface area contributed by atoms with Crippen LogP contribution in [0, 0.1) is 17.3 Å². The summed E-state index contributed by atoms with van der Waals surface area (Å²) < 4.78 is 6.09. The van der Waals surface area contributed by atoms with E-state index in [-0.39, 0.29) is 41.5 Å². The molecule has 0 unspecified atom stereocenters. The minimum atomic E-state index is -1.11. The van der Waals surface area contributed by atoms with E-state index in [1.165, 1.54) is 34.9 Å². The first-order chi connectivity index (χ1) is 24.3. The number of allylic oxidation sites excluding steroid dienone is 4. The van der Waals surface area contributed by atoms with E-state index in [0.717, 1.165) is 77.4 Å². The van der Waals surface area contributed by atoms with Crippen molar-refractivity contribution in [1.82, 2.24) is 9.80 Å². The molecule has 1 heterocycles. The van der Waals surface area contributed by atoms with Crippen LogP contribution < -0.4 is 4.90 Å². The van der Waals surface area contributed by atoms with E-state index in [1.807, 2.05) is 13.0 Å². The number of fused-ring (bicyclic) bond motifs is 4. The molecule has 1 amide bonds. The van der Waals surface area contributed by atoms with Gasteiger partial charge in [-0.15, -0.1) is 0 Å². The molecule has 0 aromatic heterocycles. The third kappa shape index (κ3) is 7.04. The van der Waals surface area contributed by atoms with E-state index in [9.17, 15) is 24.3 Å². The molecule has 2 saturated carbocycles. The Kier molecular flexibility index (Phi) is 10.9. The highest BCUT2D eigenvalue weighted by atomic mass is 16.6. The number of ketones is 2. The van der Waals surface area contributed by atoms with Crippen molar-refractivity contribution in [2.45, 2.75) is 129 Å².